The maximum Gasteiger partial charge on any atom is 0.307 e. The molecule has 8 nitrogen and oxygen atoms in total. The van der Waals surface area contributed by atoms with Gasteiger partial charge < -0.3 is 25.2 Å². The SMILES string of the molecule is O=C(CSc1ccc(NC(=O)[C@@H]2CC=CC[C@H]2C(=O)O)cc1)NCc1ccc2c(c1)OCO2. The van der Waals surface area contributed by atoms with E-state index < -0.39 is 17.8 Å². The Morgan fingerprint density at radius 2 is 1.70 bits per heavy atom. The number of fused-ring (bicyclic) bond motifs is 1. The summed E-state index contributed by atoms with van der Waals surface area (Å²) in [4.78, 5) is 37.0. The summed E-state index contributed by atoms with van der Waals surface area (Å²) in [7, 11) is 0. The van der Waals surface area contributed by atoms with Gasteiger partial charge in [0, 0.05) is 17.1 Å². The van der Waals surface area contributed by atoms with Gasteiger partial charge in [0.2, 0.25) is 18.6 Å². The maximum absolute atomic E-state index is 12.6. The number of amides is 2. The van der Waals surface area contributed by atoms with Crippen LogP contribution in [0.4, 0.5) is 5.69 Å². The third-order valence-electron chi connectivity index (χ3n) is 5.50. The van der Waals surface area contributed by atoms with Gasteiger partial charge in [-0.25, -0.2) is 0 Å². The summed E-state index contributed by atoms with van der Waals surface area (Å²) in [6.45, 7) is 0.611. The normalized spacial score (nSPS) is 18.5. The number of carbonyl (C=O) groups is 3. The fourth-order valence-electron chi connectivity index (χ4n) is 3.70. The molecule has 0 radical (unpaired) electrons. The van der Waals surface area contributed by atoms with E-state index in [-0.39, 0.29) is 24.4 Å². The first-order valence-electron chi connectivity index (χ1n) is 10.6. The van der Waals surface area contributed by atoms with Crippen LogP contribution in [0, 0.1) is 11.8 Å². The minimum atomic E-state index is -0.956. The number of rotatable bonds is 8. The zero-order chi connectivity index (χ0) is 23.2. The molecule has 2 aromatic carbocycles. The average molecular weight is 469 g/mol. The molecule has 0 aromatic heterocycles. The Morgan fingerprint density at radius 1 is 0.970 bits per heavy atom. The standard InChI is InChI=1S/C24H24N2O6S/c27-22(25-12-15-5-10-20-21(11-15)32-14-31-20)13-33-17-8-6-16(7-9-17)26-23(28)18-3-1-2-4-19(18)24(29)30/h1-2,5-11,18-19H,3-4,12-14H2,(H,25,27)(H,26,28)(H,29,30)/t18-,19-/m1/s1. The molecule has 1 aliphatic heterocycles. The van der Waals surface area contributed by atoms with Crippen LogP contribution in [0.5, 0.6) is 11.5 Å². The molecule has 1 heterocycles. The summed E-state index contributed by atoms with van der Waals surface area (Å²) in [5, 5.41) is 15.0. The first-order chi connectivity index (χ1) is 16.0. The van der Waals surface area contributed by atoms with Crippen molar-refractivity contribution in [2.24, 2.45) is 11.8 Å². The molecule has 2 aromatic rings. The maximum atomic E-state index is 12.6. The molecule has 2 atom stereocenters. The van der Waals surface area contributed by atoms with Crippen LogP contribution < -0.4 is 20.1 Å². The fourth-order valence-corrected chi connectivity index (χ4v) is 4.43. The highest BCUT2D eigenvalue weighted by Crippen LogP contribution is 2.32. The number of thioether (sulfide) groups is 1. The van der Waals surface area contributed by atoms with Crippen molar-refractivity contribution in [1.82, 2.24) is 5.32 Å². The van der Waals surface area contributed by atoms with Crippen molar-refractivity contribution in [1.29, 1.82) is 0 Å². The van der Waals surface area contributed by atoms with E-state index in [1.807, 2.05) is 36.4 Å². The van der Waals surface area contributed by atoms with Gasteiger partial charge in [-0.2, -0.15) is 0 Å². The second-order valence-electron chi connectivity index (χ2n) is 7.76. The van der Waals surface area contributed by atoms with Crippen LogP contribution in [0.1, 0.15) is 18.4 Å². The monoisotopic (exact) mass is 468 g/mol. The van der Waals surface area contributed by atoms with E-state index >= 15 is 0 Å². The van der Waals surface area contributed by atoms with Crippen molar-refractivity contribution >= 4 is 35.2 Å². The zero-order valence-corrected chi connectivity index (χ0v) is 18.6. The lowest BCUT2D eigenvalue weighted by Crippen LogP contribution is -2.34. The molecule has 3 N–H and O–H groups in total. The summed E-state index contributed by atoms with van der Waals surface area (Å²) in [6.07, 6.45) is 4.43. The topological polar surface area (TPSA) is 114 Å². The predicted molar refractivity (Wildman–Crippen MR) is 123 cm³/mol. The third kappa shape index (κ3) is 5.87. The molecule has 0 unspecified atom stereocenters. The number of hydrogen-bond donors (Lipinski definition) is 3. The van der Waals surface area contributed by atoms with Gasteiger partial charge >= 0.3 is 5.97 Å². The van der Waals surface area contributed by atoms with Crippen molar-refractivity contribution in [2.75, 3.05) is 17.9 Å². The second kappa shape index (κ2) is 10.4. The molecular formula is C24H24N2O6S. The van der Waals surface area contributed by atoms with Crippen LogP contribution in [0.2, 0.25) is 0 Å². The largest absolute Gasteiger partial charge is 0.481 e. The number of ether oxygens (including phenoxy) is 2. The van der Waals surface area contributed by atoms with E-state index in [1.165, 1.54) is 11.8 Å². The van der Waals surface area contributed by atoms with Gasteiger partial charge in [0.15, 0.2) is 11.5 Å². The quantitative estimate of drug-likeness (QED) is 0.402. The molecule has 1 aliphatic carbocycles. The van der Waals surface area contributed by atoms with Crippen molar-refractivity contribution in [3.8, 4) is 11.5 Å². The lowest BCUT2D eigenvalue weighted by atomic mass is 9.82. The average Bonchev–Trinajstić information content (AvgIpc) is 3.30. The van der Waals surface area contributed by atoms with E-state index in [0.717, 1.165) is 10.5 Å². The van der Waals surface area contributed by atoms with Gasteiger partial charge in [0.05, 0.1) is 17.6 Å². The first kappa shape index (κ1) is 22.7. The summed E-state index contributed by atoms with van der Waals surface area (Å²) in [5.74, 6) is -1.00. The molecule has 4 rings (SSSR count). The Morgan fingerprint density at radius 3 is 2.45 bits per heavy atom. The zero-order valence-electron chi connectivity index (χ0n) is 17.8. The number of carbonyl (C=O) groups excluding carboxylic acids is 2. The van der Waals surface area contributed by atoms with Crippen molar-refractivity contribution in [2.45, 2.75) is 24.3 Å². The molecule has 0 fully saturated rings. The first-order valence-corrected chi connectivity index (χ1v) is 11.5. The van der Waals surface area contributed by atoms with Gasteiger partial charge in [0.1, 0.15) is 0 Å². The van der Waals surface area contributed by atoms with Gasteiger partial charge in [0.25, 0.3) is 0 Å². The van der Waals surface area contributed by atoms with Crippen LogP contribution in [-0.2, 0) is 20.9 Å². The molecule has 0 spiro atoms. The predicted octanol–water partition coefficient (Wildman–Crippen LogP) is 3.43. The highest BCUT2D eigenvalue weighted by molar-refractivity contribution is 8.00. The van der Waals surface area contributed by atoms with Crippen molar-refractivity contribution in [3.63, 3.8) is 0 Å². The van der Waals surface area contributed by atoms with Gasteiger partial charge in [-0.15, -0.1) is 11.8 Å². The molecule has 2 amide bonds. The molecular weight excluding hydrogens is 444 g/mol. The highest BCUT2D eigenvalue weighted by atomic mass is 32.2. The van der Waals surface area contributed by atoms with E-state index in [1.54, 1.807) is 18.2 Å². The van der Waals surface area contributed by atoms with Crippen LogP contribution in [-0.4, -0.2) is 35.4 Å². The van der Waals surface area contributed by atoms with Gasteiger partial charge in [-0.3, -0.25) is 14.4 Å². The van der Waals surface area contributed by atoms with Crippen LogP contribution in [0.3, 0.4) is 0 Å². The number of allylic oxidation sites excluding steroid dienone is 2. The summed E-state index contributed by atoms with van der Waals surface area (Å²) in [5.41, 5.74) is 1.52. The van der Waals surface area contributed by atoms with Crippen molar-refractivity contribution < 1.29 is 29.0 Å². The fraction of sp³-hybridized carbons (Fsp3) is 0.292. The number of carboxylic acids is 1. The minimum absolute atomic E-state index is 0.0971. The smallest absolute Gasteiger partial charge is 0.307 e. The molecule has 2 aliphatic rings. The Labute approximate surface area is 195 Å². The number of nitrogens with one attached hydrogen (secondary N) is 2. The second-order valence-corrected chi connectivity index (χ2v) is 8.81. The Bertz CT molecular complexity index is 1070. The summed E-state index contributed by atoms with van der Waals surface area (Å²) in [6, 6.07) is 12.7. The molecule has 172 valence electrons. The summed E-state index contributed by atoms with van der Waals surface area (Å²) < 4.78 is 10.6. The number of hydrogen-bond acceptors (Lipinski definition) is 6. The Kier molecular flexibility index (Phi) is 7.19. The van der Waals surface area contributed by atoms with Crippen LogP contribution in [0.15, 0.2) is 59.5 Å². The number of benzene rings is 2. The van der Waals surface area contributed by atoms with E-state index in [9.17, 15) is 19.5 Å². The molecule has 0 saturated heterocycles. The number of anilines is 1. The Balaban J connectivity index is 1.23. The van der Waals surface area contributed by atoms with Crippen molar-refractivity contribution in [3.05, 3.63) is 60.2 Å². The van der Waals surface area contributed by atoms with E-state index in [4.69, 9.17) is 9.47 Å². The van der Waals surface area contributed by atoms with E-state index in [2.05, 4.69) is 10.6 Å². The summed E-state index contributed by atoms with van der Waals surface area (Å²) >= 11 is 1.39. The minimum Gasteiger partial charge on any atom is -0.481 e. The molecule has 0 bridgehead atoms. The van der Waals surface area contributed by atoms with Crippen LogP contribution in [0.25, 0.3) is 0 Å². The Hall–Kier alpha value is -3.46. The van der Waals surface area contributed by atoms with E-state index in [0.29, 0.717) is 36.6 Å². The van der Waals surface area contributed by atoms with Crippen LogP contribution >= 0.6 is 11.8 Å². The molecule has 9 heteroatoms. The molecule has 0 saturated carbocycles. The third-order valence-corrected chi connectivity index (χ3v) is 6.52. The lowest BCUT2D eigenvalue weighted by molar-refractivity contribution is -0.146. The molecule has 33 heavy (non-hydrogen) atoms. The number of aliphatic carboxylic acids is 1. The highest BCUT2D eigenvalue weighted by Gasteiger charge is 2.33. The number of carboxylic acid groups (broad SMARTS) is 1. The van der Waals surface area contributed by atoms with Gasteiger partial charge in [-0.1, -0.05) is 18.2 Å². The lowest BCUT2D eigenvalue weighted by Gasteiger charge is -2.24. The van der Waals surface area contributed by atoms with Gasteiger partial charge in [-0.05, 0) is 54.8 Å².